The van der Waals surface area contributed by atoms with Crippen molar-refractivity contribution in [2.75, 3.05) is 12.4 Å². The lowest BCUT2D eigenvalue weighted by Crippen LogP contribution is -2.10. The number of carbonyl (C=O) groups is 1. The number of carbonyl (C=O) groups excluding carboxylic acids is 1. The van der Waals surface area contributed by atoms with E-state index in [1.165, 1.54) is 19.2 Å². The van der Waals surface area contributed by atoms with Crippen molar-refractivity contribution >= 4 is 19.4 Å². The number of nitrogens with one attached hydrogen (secondary N) is 1. The summed E-state index contributed by atoms with van der Waals surface area (Å²) in [5.41, 5.74) is 1.00. The van der Waals surface area contributed by atoms with Gasteiger partial charge in [-0.05, 0) is 17.7 Å². The van der Waals surface area contributed by atoms with E-state index in [-0.39, 0.29) is 6.16 Å². The van der Waals surface area contributed by atoms with Gasteiger partial charge in [0.05, 0.1) is 13.3 Å². The largest absolute Gasteiger partial charge is 0.453 e. The second-order valence-electron chi connectivity index (χ2n) is 3.14. The first kappa shape index (κ1) is 12.7. The molecule has 0 heterocycles. The quantitative estimate of drug-likeness (QED) is 0.702. The van der Waals surface area contributed by atoms with Crippen LogP contribution in [0.5, 0.6) is 0 Å². The average molecular weight is 245 g/mol. The number of amides is 1. The van der Waals surface area contributed by atoms with Crippen molar-refractivity contribution in [2.45, 2.75) is 6.16 Å². The highest BCUT2D eigenvalue weighted by molar-refractivity contribution is 7.50. The second kappa shape index (κ2) is 5.12. The predicted molar refractivity (Wildman–Crippen MR) is 58.2 cm³/mol. The molecule has 6 nitrogen and oxygen atoms in total. The minimum absolute atomic E-state index is 0.314. The molecule has 0 spiro atoms. The van der Waals surface area contributed by atoms with Crippen molar-refractivity contribution in [3.63, 3.8) is 0 Å². The molecule has 0 aliphatic heterocycles. The van der Waals surface area contributed by atoms with Crippen molar-refractivity contribution < 1.29 is 23.9 Å². The van der Waals surface area contributed by atoms with Crippen LogP contribution in [0.2, 0.25) is 0 Å². The van der Waals surface area contributed by atoms with Gasteiger partial charge in [-0.3, -0.25) is 9.88 Å². The lowest BCUT2D eigenvalue weighted by Gasteiger charge is -2.06. The summed E-state index contributed by atoms with van der Waals surface area (Å²) in [7, 11) is -2.80. The van der Waals surface area contributed by atoms with Gasteiger partial charge in [-0.25, -0.2) is 4.79 Å². The van der Waals surface area contributed by atoms with Crippen LogP contribution < -0.4 is 5.32 Å². The van der Waals surface area contributed by atoms with Crippen LogP contribution >= 0.6 is 7.60 Å². The number of hydrogen-bond donors (Lipinski definition) is 3. The number of hydrogen-bond acceptors (Lipinski definition) is 3. The van der Waals surface area contributed by atoms with Crippen LogP contribution in [0, 0.1) is 0 Å². The third kappa shape index (κ3) is 4.44. The van der Waals surface area contributed by atoms with Crippen LogP contribution in [-0.4, -0.2) is 23.0 Å². The zero-order valence-corrected chi connectivity index (χ0v) is 9.48. The Bertz CT molecular complexity index is 410. The standard InChI is InChI=1S/C9H12NO5P/c1-15-9(11)10-8-4-2-7(3-5-8)6-16(12,13)14/h2-5H,6H2,1H3,(H,10,11)(H2,12,13,14). The van der Waals surface area contributed by atoms with E-state index in [1.807, 2.05) is 0 Å². The van der Waals surface area contributed by atoms with Gasteiger partial charge in [-0.2, -0.15) is 0 Å². The maximum atomic E-state index is 10.8. The molecule has 0 unspecified atom stereocenters. The van der Waals surface area contributed by atoms with Gasteiger partial charge < -0.3 is 14.5 Å². The number of methoxy groups -OCH3 is 1. The molecule has 0 atom stereocenters. The molecule has 0 radical (unpaired) electrons. The van der Waals surface area contributed by atoms with E-state index in [4.69, 9.17) is 9.79 Å². The smallest absolute Gasteiger partial charge is 0.411 e. The van der Waals surface area contributed by atoms with E-state index >= 15 is 0 Å². The second-order valence-corrected chi connectivity index (χ2v) is 4.78. The summed E-state index contributed by atoms with van der Waals surface area (Å²) in [6.45, 7) is 0. The topological polar surface area (TPSA) is 95.9 Å². The molecule has 1 amide bonds. The van der Waals surface area contributed by atoms with Crippen molar-refractivity contribution in [1.82, 2.24) is 0 Å². The molecule has 0 aliphatic carbocycles. The van der Waals surface area contributed by atoms with Crippen LogP contribution in [0.25, 0.3) is 0 Å². The van der Waals surface area contributed by atoms with E-state index in [0.717, 1.165) is 0 Å². The molecule has 1 aromatic carbocycles. The van der Waals surface area contributed by atoms with Crippen LogP contribution in [0.4, 0.5) is 10.5 Å². The minimum Gasteiger partial charge on any atom is -0.453 e. The normalized spacial score (nSPS) is 10.9. The Morgan fingerprint density at radius 3 is 2.38 bits per heavy atom. The van der Waals surface area contributed by atoms with Gasteiger partial charge in [0.15, 0.2) is 0 Å². The fourth-order valence-corrected chi connectivity index (χ4v) is 1.79. The first-order chi connectivity index (χ1) is 7.40. The molecule has 0 fully saturated rings. The van der Waals surface area contributed by atoms with Crippen LogP contribution in [0.1, 0.15) is 5.56 Å². The first-order valence-electron chi connectivity index (χ1n) is 4.39. The Balaban J connectivity index is 2.68. The summed E-state index contributed by atoms with van der Waals surface area (Å²) in [4.78, 5) is 28.3. The molecule has 0 saturated carbocycles. The molecular weight excluding hydrogens is 233 g/mol. The summed E-state index contributed by atoms with van der Waals surface area (Å²) in [6.07, 6.45) is -0.909. The van der Waals surface area contributed by atoms with E-state index < -0.39 is 13.7 Å². The molecule has 1 rings (SSSR count). The maximum absolute atomic E-state index is 10.8. The monoisotopic (exact) mass is 245 g/mol. The van der Waals surface area contributed by atoms with Crippen molar-refractivity contribution in [3.05, 3.63) is 29.8 Å². The molecule has 16 heavy (non-hydrogen) atoms. The van der Waals surface area contributed by atoms with Crippen LogP contribution in [-0.2, 0) is 15.5 Å². The highest BCUT2D eigenvalue weighted by atomic mass is 31.2. The summed E-state index contributed by atoms with van der Waals surface area (Å²) in [5.74, 6) is 0. The van der Waals surface area contributed by atoms with Crippen LogP contribution in [0.3, 0.4) is 0 Å². The molecule has 0 saturated heterocycles. The molecule has 3 N–H and O–H groups in total. The zero-order chi connectivity index (χ0) is 12.2. The molecule has 0 aliphatic rings. The molecular formula is C9H12NO5P. The van der Waals surface area contributed by atoms with Gasteiger partial charge in [0.2, 0.25) is 0 Å². The number of ether oxygens (including phenoxy) is 1. The van der Waals surface area contributed by atoms with Crippen LogP contribution in [0.15, 0.2) is 24.3 Å². The Labute approximate surface area is 92.4 Å². The lowest BCUT2D eigenvalue weighted by atomic mass is 10.2. The number of rotatable bonds is 3. The fraction of sp³-hybridized carbons (Fsp3) is 0.222. The third-order valence-corrected chi connectivity index (χ3v) is 2.55. The SMILES string of the molecule is COC(=O)Nc1ccc(CP(=O)(O)O)cc1. The van der Waals surface area contributed by atoms with E-state index in [9.17, 15) is 9.36 Å². The Morgan fingerprint density at radius 2 is 1.94 bits per heavy atom. The molecule has 7 heteroatoms. The predicted octanol–water partition coefficient (Wildman–Crippen LogP) is 1.54. The Hall–Kier alpha value is -1.36. The van der Waals surface area contributed by atoms with Crippen molar-refractivity contribution in [3.8, 4) is 0 Å². The minimum atomic E-state index is -4.05. The summed E-state index contributed by atoms with van der Waals surface area (Å²) in [5, 5.41) is 2.43. The summed E-state index contributed by atoms with van der Waals surface area (Å²) in [6, 6.07) is 6.15. The summed E-state index contributed by atoms with van der Waals surface area (Å²) >= 11 is 0. The fourth-order valence-electron chi connectivity index (χ4n) is 1.10. The molecule has 0 aromatic heterocycles. The number of benzene rings is 1. The van der Waals surface area contributed by atoms with Gasteiger partial charge in [0.25, 0.3) is 0 Å². The van der Waals surface area contributed by atoms with Crippen molar-refractivity contribution in [1.29, 1.82) is 0 Å². The van der Waals surface area contributed by atoms with Gasteiger partial charge >= 0.3 is 13.7 Å². The molecule has 0 bridgehead atoms. The van der Waals surface area contributed by atoms with Gasteiger partial charge in [-0.1, -0.05) is 12.1 Å². The Morgan fingerprint density at radius 1 is 1.38 bits per heavy atom. The van der Waals surface area contributed by atoms with Crippen molar-refractivity contribution in [2.24, 2.45) is 0 Å². The summed E-state index contributed by atoms with van der Waals surface area (Å²) < 4.78 is 15.1. The Kier molecular flexibility index (Phi) is 4.06. The maximum Gasteiger partial charge on any atom is 0.411 e. The third-order valence-electron chi connectivity index (χ3n) is 1.77. The molecule has 1 aromatic rings. The first-order valence-corrected chi connectivity index (χ1v) is 6.19. The lowest BCUT2D eigenvalue weighted by molar-refractivity contribution is 0.187. The average Bonchev–Trinajstić information content (AvgIpc) is 2.18. The highest BCUT2D eigenvalue weighted by Gasteiger charge is 2.13. The van der Waals surface area contributed by atoms with Gasteiger partial charge in [0, 0.05) is 5.69 Å². The van der Waals surface area contributed by atoms with E-state index in [2.05, 4.69) is 10.1 Å². The van der Waals surface area contributed by atoms with E-state index in [1.54, 1.807) is 12.1 Å². The highest BCUT2D eigenvalue weighted by Crippen LogP contribution is 2.39. The number of anilines is 1. The van der Waals surface area contributed by atoms with Gasteiger partial charge in [0.1, 0.15) is 0 Å². The zero-order valence-electron chi connectivity index (χ0n) is 8.58. The van der Waals surface area contributed by atoms with Gasteiger partial charge in [-0.15, -0.1) is 0 Å². The molecule has 88 valence electrons. The van der Waals surface area contributed by atoms with E-state index in [0.29, 0.717) is 11.3 Å².